The topological polar surface area (TPSA) is 93.7 Å². The first kappa shape index (κ1) is 21.0. The van der Waals surface area contributed by atoms with Crippen molar-refractivity contribution in [3.8, 4) is 11.5 Å². The maximum Gasteiger partial charge on any atom is 0.261 e. The Balaban J connectivity index is 1.44. The highest BCUT2D eigenvalue weighted by Crippen LogP contribution is 2.30. The molecule has 4 rings (SSSR count). The van der Waals surface area contributed by atoms with Crippen LogP contribution in [0.3, 0.4) is 0 Å². The van der Waals surface area contributed by atoms with Crippen molar-refractivity contribution in [2.45, 2.75) is 11.4 Å². The summed E-state index contributed by atoms with van der Waals surface area (Å²) in [5.41, 5.74) is 1.44. The van der Waals surface area contributed by atoms with Gasteiger partial charge < -0.3 is 14.8 Å². The number of halogens is 1. The molecule has 0 unspecified atom stereocenters. The van der Waals surface area contributed by atoms with Crippen LogP contribution in [0.15, 0.2) is 71.6 Å². The molecular weight excluding hydrogens is 440 g/mol. The summed E-state index contributed by atoms with van der Waals surface area (Å²) in [4.78, 5) is 12.6. The molecule has 7 nitrogen and oxygen atoms in total. The SMILES string of the molecule is O=C(NCc1ccc2c(c1)OCCO2)c1cccc(S(=O)(=O)Nc2ccc(Cl)cc2)c1. The van der Waals surface area contributed by atoms with Crippen LogP contribution in [0.4, 0.5) is 5.69 Å². The van der Waals surface area contributed by atoms with Gasteiger partial charge in [-0.25, -0.2) is 8.42 Å². The van der Waals surface area contributed by atoms with Gasteiger partial charge in [0, 0.05) is 22.8 Å². The molecule has 31 heavy (non-hydrogen) atoms. The Hall–Kier alpha value is -3.23. The molecule has 0 aliphatic carbocycles. The molecule has 2 N–H and O–H groups in total. The van der Waals surface area contributed by atoms with Crippen molar-refractivity contribution in [2.75, 3.05) is 17.9 Å². The Morgan fingerprint density at radius 3 is 2.45 bits per heavy atom. The van der Waals surface area contributed by atoms with Crippen LogP contribution in [0.5, 0.6) is 11.5 Å². The number of anilines is 1. The maximum atomic E-state index is 12.7. The van der Waals surface area contributed by atoms with Gasteiger partial charge in [-0.1, -0.05) is 23.7 Å². The number of hydrogen-bond acceptors (Lipinski definition) is 5. The summed E-state index contributed by atoms with van der Waals surface area (Å²) in [7, 11) is -3.86. The van der Waals surface area contributed by atoms with Gasteiger partial charge >= 0.3 is 0 Å². The average Bonchev–Trinajstić information content (AvgIpc) is 2.79. The molecule has 1 aliphatic heterocycles. The van der Waals surface area contributed by atoms with Gasteiger partial charge in [0.25, 0.3) is 15.9 Å². The zero-order valence-corrected chi connectivity index (χ0v) is 17.9. The molecule has 0 saturated carbocycles. The number of hydrogen-bond donors (Lipinski definition) is 2. The first-order valence-corrected chi connectivity index (χ1v) is 11.3. The Bertz CT molecular complexity index is 1210. The summed E-state index contributed by atoms with van der Waals surface area (Å²) in [6.45, 7) is 1.25. The number of amides is 1. The smallest absolute Gasteiger partial charge is 0.261 e. The molecule has 0 atom stereocenters. The zero-order valence-electron chi connectivity index (χ0n) is 16.3. The number of nitrogens with one attached hydrogen (secondary N) is 2. The molecule has 1 amide bonds. The van der Waals surface area contributed by atoms with E-state index in [1.54, 1.807) is 36.4 Å². The van der Waals surface area contributed by atoms with Crippen molar-refractivity contribution in [1.29, 1.82) is 0 Å². The molecule has 9 heteroatoms. The molecule has 0 bridgehead atoms. The van der Waals surface area contributed by atoms with Gasteiger partial charge in [0.1, 0.15) is 13.2 Å². The van der Waals surface area contributed by atoms with E-state index >= 15 is 0 Å². The lowest BCUT2D eigenvalue weighted by Crippen LogP contribution is -2.23. The third-order valence-corrected chi connectivity index (χ3v) is 6.19. The highest BCUT2D eigenvalue weighted by molar-refractivity contribution is 7.92. The highest BCUT2D eigenvalue weighted by atomic mass is 35.5. The molecule has 0 saturated heterocycles. The average molecular weight is 459 g/mol. The maximum absolute atomic E-state index is 12.7. The van der Waals surface area contributed by atoms with E-state index in [0.717, 1.165) is 5.56 Å². The van der Waals surface area contributed by atoms with Gasteiger partial charge in [-0.3, -0.25) is 9.52 Å². The van der Waals surface area contributed by atoms with Gasteiger partial charge in [-0.15, -0.1) is 0 Å². The van der Waals surface area contributed by atoms with Crippen molar-refractivity contribution >= 4 is 33.2 Å². The minimum Gasteiger partial charge on any atom is -0.486 e. The van der Waals surface area contributed by atoms with E-state index in [-0.39, 0.29) is 17.0 Å². The number of rotatable bonds is 6. The number of ether oxygens (including phenoxy) is 2. The molecular formula is C22H19ClN2O5S. The second-order valence-electron chi connectivity index (χ2n) is 6.80. The largest absolute Gasteiger partial charge is 0.486 e. The van der Waals surface area contributed by atoms with Crippen LogP contribution in [0.25, 0.3) is 0 Å². The second-order valence-corrected chi connectivity index (χ2v) is 8.92. The summed E-state index contributed by atoms with van der Waals surface area (Å²) in [6, 6.07) is 17.6. The van der Waals surface area contributed by atoms with Gasteiger partial charge in [0.15, 0.2) is 11.5 Å². The van der Waals surface area contributed by atoms with Crippen molar-refractivity contribution in [3.63, 3.8) is 0 Å². The summed E-state index contributed by atoms with van der Waals surface area (Å²) < 4.78 is 38.9. The normalized spacial score (nSPS) is 12.8. The van der Waals surface area contributed by atoms with E-state index in [4.69, 9.17) is 21.1 Å². The Morgan fingerprint density at radius 1 is 0.935 bits per heavy atom. The second kappa shape index (κ2) is 8.87. The van der Waals surface area contributed by atoms with E-state index in [2.05, 4.69) is 10.0 Å². The molecule has 1 heterocycles. The van der Waals surface area contributed by atoms with Crippen LogP contribution in [0.2, 0.25) is 5.02 Å². The Morgan fingerprint density at radius 2 is 1.68 bits per heavy atom. The highest BCUT2D eigenvalue weighted by Gasteiger charge is 2.17. The fourth-order valence-corrected chi connectivity index (χ4v) is 4.25. The lowest BCUT2D eigenvalue weighted by molar-refractivity contribution is 0.0950. The fourth-order valence-electron chi connectivity index (χ4n) is 3.02. The number of fused-ring (bicyclic) bond motifs is 1. The van der Waals surface area contributed by atoms with Crippen LogP contribution < -0.4 is 19.5 Å². The van der Waals surface area contributed by atoms with E-state index < -0.39 is 15.9 Å². The summed E-state index contributed by atoms with van der Waals surface area (Å²) in [5, 5.41) is 3.29. The lowest BCUT2D eigenvalue weighted by Gasteiger charge is -2.19. The first-order valence-electron chi connectivity index (χ1n) is 9.46. The van der Waals surface area contributed by atoms with E-state index in [1.807, 2.05) is 12.1 Å². The quantitative estimate of drug-likeness (QED) is 0.585. The molecule has 160 valence electrons. The van der Waals surface area contributed by atoms with Gasteiger partial charge in [-0.2, -0.15) is 0 Å². The summed E-state index contributed by atoms with van der Waals surface area (Å²) in [6.07, 6.45) is 0. The molecule has 0 radical (unpaired) electrons. The Kier molecular flexibility index (Phi) is 6.01. The van der Waals surface area contributed by atoms with Crippen LogP contribution in [-0.2, 0) is 16.6 Å². The predicted molar refractivity (Wildman–Crippen MR) is 117 cm³/mol. The van der Waals surface area contributed by atoms with Crippen molar-refractivity contribution in [3.05, 3.63) is 82.9 Å². The van der Waals surface area contributed by atoms with Crippen molar-refractivity contribution in [1.82, 2.24) is 5.32 Å². The molecule has 3 aromatic carbocycles. The summed E-state index contributed by atoms with van der Waals surface area (Å²) >= 11 is 5.83. The third-order valence-electron chi connectivity index (χ3n) is 4.56. The zero-order chi connectivity index (χ0) is 21.8. The van der Waals surface area contributed by atoms with Gasteiger partial charge in [0.05, 0.1) is 4.90 Å². The number of carbonyl (C=O) groups excluding carboxylic acids is 1. The van der Waals surface area contributed by atoms with Crippen molar-refractivity contribution < 1.29 is 22.7 Å². The third kappa shape index (κ3) is 5.10. The van der Waals surface area contributed by atoms with Crippen LogP contribution in [0, 0.1) is 0 Å². The lowest BCUT2D eigenvalue weighted by atomic mass is 10.1. The van der Waals surface area contributed by atoms with Crippen molar-refractivity contribution in [2.24, 2.45) is 0 Å². The van der Waals surface area contributed by atoms with Gasteiger partial charge in [-0.05, 0) is 60.2 Å². The summed E-state index contributed by atoms with van der Waals surface area (Å²) in [5.74, 6) is 0.921. The number of benzene rings is 3. The van der Waals surface area contributed by atoms with Crippen LogP contribution in [0.1, 0.15) is 15.9 Å². The molecule has 0 aromatic heterocycles. The van der Waals surface area contributed by atoms with Crippen LogP contribution >= 0.6 is 11.6 Å². The molecule has 1 aliphatic rings. The first-order chi connectivity index (χ1) is 14.9. The fraction of sp³-hybridized carbons (Fsp3) is 0.136. The van der Waals surface area contributed by atoms with E-state index in [1.165, 1.54) is 18.2 Å². The molecule has 0 fully saturated rings. The molecule has 3 aromatic rings. The minimum atomic E-state index is -3.86. The minimum absolute atomic E-state index is 0.0190. The molecule has 0 spiro atoms. The monoisotopic (exact) mass is 458 g/mol. The number of sulfonamides is 1. The van der Waals surface area contributed by atoms with Crippen LogP contribution in [-0.4, -0.2) is 27.5 Å². The van der Waals surface area contributed by atoms with Gasteiger partial charge in [0.2, 0.25) is 0 Å². The standard InChI is InChI=1S/C22H19ClN2O5S/c23-17-5-7-18(8-6-17)25-31(27,28)19-3-1-2-16(13-19)22(26)24-14-15-4-9-20-21(12-15)30-11-10-29-20/h1-9,12-13,25H,10-11,14H2,(H,24,26). The van der Waals surface area contributed by atoms with E-state index in [0.29, 0.717) is 35.4 Å². The predicted octanol–water partition coefficient (Wildman–Crippen LogP) is 3.84. The Labute approximate surface area is 185 Å². The number of carbonyl (C=O) groups is 1. The van der Waals surface area contributed by atoms with E-state index in [9.17, 15) is 13.2 Å².